The van der Waals surface area contributed by atoms with E-state index in [-0.39, 0.29) is 47.7 Å². The molecule has 5 N–H and O–H groups in total. The van der Waals surface area contributed by atoms with Crippen LogP contribution in [0.2, 0.25) is 0 Å². The third-order valence-corrected chi connectivity index (χ3v) is 8.65. The van der Waals surface area contributed by atoms with Crippen LogP contribution < -0.4 is 26.6 Å². The van der Waals surface area contributed by atoms with Crippen LogP contribution in [0.4, 0.5) is 4.79 Å². The summed E-state index contributed by atoms with van der Waals surface area (Å²) in [5, 5.41) is 14.8. The number of carbonyl (C=O) groups is 5. The molecule has 2 heterocycles. The molecule has 0 aromatic heterocycles. The molecule has 6 atom stereocenters. The lowest BCUT2D eigenvalue weighted by Crippen LogP contribution is -2.51. The third kappa shape index (κ3) is 11.6. The van der Waals surface area contributed by atoms with Crippen molar-refractivity contribution < 1.29 is 24.0 Å². The van der Waals surface area contributed by atoms with E-state index in [1.54, 1.807) is 13.0 Å². The average Bonchev–Trinajstić information content (AvgIpc) is 3.44. The zero-order valence-corrected chi connectivity index (χ0v) is 24.4. The number of thioether (sulfide) groups is 1. The molecule has 2 aliphatic rings. The predicted octanol–water partition coefficient (Wildman–Crippen LogP) is 2.43. The van der Waals surface area contributed by atoms with Crippen LogP contribution in [0.25, 0.3) is 0 Å². The van der Waals surface area contributed by atoms with E-state index in [4.69, 9.17) is 0 Å². The van der Waals surface area contributed by atoms with Crippen LogP contribution in [0.3, 0.4) is 0 Å². The summed E-state index contributed by atoms with van der Waals surface area (Å²) in [6.45, 7) is 9.91. The Morgan fingerprint density at radius 1 is 1.08 bits per heavy atom. The van der Waals surface area contributed by atoms with Crippen LogP contribution in [0, 0.1) is 11.8 Å². The maximum atomic E-state index is 12.8. The Balaban J connectivity index is 1.60. The Hall–Kier alpha value is -2.56. The second-order valence-corrected chi connectivity index (χ2v) is 12.4. The molecule has 0 aromatic carbocycles. The highest BCUT2D eigenvalue weighted by molar-refractivity contribution is 8.00. The van der Waals surface area contributed by atoms with E-state index in [1.165, 1.54) is 0 Å². The van der Waals surface area contributed by atoms with E-state index < -0.39 is 12.1 Å². The number of nitrogens with one attached hydrogen (secondary N) is 5. The fourth-order valence-electron chi connectivity index (χ4n) is 4.91. The van der Waals surface area contributed by atoms with Crippen molar-refractivity contribution in [1.29, 1.82) is 0 Å². The molecule has 0 aliphatic carbocycles. The summed E-state index contributed by atoms with van der Waals surface area (Å²) in [6.07, 6.45) is 8.43. The molecule has 2 fully saturated rings. The molecule has 220 valence electrons. The number of hydrogen-bond donors (Lipinski definition) is 5. The lowest BCUT2D eigenvalue weighted by molar-refractivity contribution is -0.132. The lowest BCUT2D eigenvalue weighted by atomic mass is 10.0. The molecule has 39 heavy (non-hydrogen) atoms. The van der Waals surface area contributed by atoms with E-state index in [0.29, 0.717) is 50.3 Å². The van der Waals surface area contributed by atoms with Crippen molar-refractivity contribution in [3.05, 3.63) is 12.7 Å². The first-order valence-electron chi connectivity index (χ1n) is 14.3. The maximum absolute atomic E-state index is 12.8. The number of amides is 5. The van der Waals surface area contributed by atoms with Gasteiger partial charge in [-0.25, -0.2) is 4.79 Å². The first-order chi connectivity index (χ1) is 18.6. The number of fused-ring (bicyclic) bond motifs is 1. The second-order valence-electron chi connectivity index (χ2n) is 11.1. The van der Waals surface area contributed by atoms with Gasteiger partial charge >= 0.3 is 6.03 Å². The lowest BCUT2D eigenvalue weighted by Gasteiger charge is -2.23. The number of hydrogen-bond acceptors (Lipinski definition) is 6. The highest BCUT2D eigenvalue weighted by Gasteiger charge is 2.42. The van der Waals surface area contributed by atoms with Gasteiger partial charge in [0, 0.05) is 29.9 Å². The Morgan fingerprint density at radius 3 is 2.54 bits per heavy atom. The van der Waals surface area contributed by atoms with Crippen molar-refractivity contribution in [2.45, 2.75) is 108 Å². The standard InChI is InChI=1S/C28H47N5O5S/c1-5-10-19(4)26(36)31-21(15-18(2)3)27(37)30-20(16-34)11-8-9-14-29-24(35)13-7-6-12-23-25-22(17-39-23)32-28(38)33-25/h5,16,18-23,25H,1,6-15,17H2,2-4H3,(H,29,35)(H,30,37)(H,31,36)(H2,32,33,38)/t19?,20-,21-,22-,23-,25-/m0/s1. The van der Waals surface area contributed by atoms with Crippen LogP contribution in [-0.4, -0.2) is 71.8 Å². The molecule has 10 nitrogen and oxygen atoms in total. The highest BCUT2D eigenvalue weighted by atomic mass is 32.2. The van der Waals surface area contributed by atoms with Gasteiger partial charge in [0.25, 0.3) is 0 Å². The van der Waals surface area contributed by atoms with Crippen molar-refractivity contribution in [2.75, 3.05) is 12.3 Å². The summed E-state index contributed by atoms with van der Waals surface area (Å²) >= 11 is 1.88. The number of unbranched alkanes of at least 4 members (excludes halogenated alkanes) is 2. The summed E-state index contributed by atoms with van der Waals surface area (Å²) < 4.78 is 0. The monoisotopic (exact) mass is 565 g/mol. The van der Waals surface area contributed by atoms with Crippen molar-refractivity contribution >= 4 is 41.8 Å². The van der Waals surface area contributed by atoms with Gasteiger partial charge in [-0.1, -0.05) is 33.3 Å². The summed E-state index contributed by atoms with van der Waals surface area (Å²) in [4.78, 5) is 60.5. The van der Waals surface area contributed by atoms with Gasteiger partial charge in [0.2, 0.25) is 17.7 Å². The van der Waals surface area contributed by atoms with Gasteiger partial charge in [0.05, 0.1) is 18.1 Å². The van der Waals surface area contributed by atoms with Gasteiger partial charge in [-0.05, 0) is 50.9 Å². The van der Waals surface area contributed by atoms with Crippen LogP contribution in [0.1, 0.15) is 78.6 Å². The highest BCUT2D eigenvalue weighted by Crippen LogP contribution is 2.33. The van der Waals surface area contributed by atoms with Gasteiger partial charge in [0.1, 0.15) is 12.3 Å². The van der Waals surface area contributed by atoms with E-state index >= 15 is 0 Å². The summed E-state index contributed by atoms with van der Waals surface area (Å²) in [6, 6.07) is -0.999. The molecule has 5 amide bonds. The van der Waals surface area contributed by atoms with Crippen molar-refractivity contribution in [3.63, 3.8) is 0 Å². The van der Waals surface area contributed by atoms with E-state index in [0.717, 1.165) is 31.3 Å². The van der Waals surface area contributed by atoms with Crippen molar-refractivity contribution in [2.24, 2.45) is 11.8 Å². The molecular weight excluding hydrogens is 518 g/mol. The molecule has 0 saturated carbocycles. The fraction of sp³-hybridized carbons (Fsp3) is 0.750. The normalized spacial score (nSPS) is 22.2. The zero-order valence-electron chi connectivity index (χ0n) is 23.6. The largest absolute Gasteiger partial charge is 0.356 e. The molecule has 1 unspecified atom stereocenters. The zero-order chi connectivity index (χ0) is 28.8. The van der Waals surface area contributed by atoms with Crippen molar-refractivity contribution in [3.8, 4) is 0 Å². The van der Waals surface area contributed by atoms with Crippen LogP contribution >= 0.6 is 11.8 Å². The number of urea groups is 1. The quantitative estimate of drug-likeness (QED) is 0.0704. The minimum atomic E-state index is -0.700. The summed E-state index contributed by atoms with van der Waals surface area (Å²) in [5.74, 6) is 0.297. The molecule has 11 heteroatoms. The molecule has 0 radical (unpaired) electrons. The van der Waals surface area contributed by atoms with Crippen LogP contribution in [-0.2, 0) is 19.2 Å². The van der Waals surface area contributed by atoms with E-state index in [1.807, 2.05) is 25.6 Å². The van der Waals surface area contributed by atoms with Gasteiger partial charge < -0.3 is 31.4 Å². The van der Waals surface area contributed by atoms with Gasteiger partial charge in [-0.3, -0.25) is 14.4 Å². The fourth-order valence-corrected chi connectivity index (χ4v) is 6.45. The average molecular weight is 566 g/mol. The Morgan fingerprint density at radius 2 is 1.85 bits per heavy atom. The summed E-state index contributed by atoms with van der Waals surface area (Å²) in [7, 11) is 0. The van der Waals surface area contributed by atoms with E-state index in [2.05, 4.69) is 33.2 Å². The third-order valence-electron chi connectivity index (χ3n) is 7.14. The Labute approximate surface area is 237 Å². The topological polar surface area (TPSA) is 146 Å². The minimum absolute atomic E-state index is 0.0148. The first kappa shape index (κ1) is 32.7. The Bertz CT molecular complexity index is 854. The first-order valence-corrected chi connectivity index (χ1v) is 15.3. The molecule has 2 saturated heterocycles. The molecular formula is C28H47N5O5S. The Kier molecular flexibility index (Phi) is 14.4. The summed E-state index contributed by atoms with van der Waals surface area (Å²) in [5.41, 5.74) is 0. The molecule has 0 spiro atoms. The second kappa shape index (κ2) is 17.2. The van der Waals surface area contributed by atoms with Crippen molar-refractivity contribution in [1.82, 2.24) is 26.6 Å². The van der Waals surface area contributed by atoms with Gasteiger partial charge in [-0.2, -0.15) is 11.8 Å². The maximum Gasteiger partial charge on any atom is 0.315 e. The number of rotatable bonds is 19. The molecule has 2 rings (SSSR count). The van der Waals surface area contributed by atoms with Gasteiger partial charge in [0.15, 0.2) is 0 Å². The van der Waals surface area contributed by atoms with E-state index in [9.17, 15) is 24.0 Å². The number of aldehydes is 1. The van der Waals surface area contributed by atoms with Gasteiger partial charge in [-0.15, -0.1) is 6.58 Å². The van der Waals surface area contributed by atoms with Crippen LogP contribution in [0.5, 0.6) is 0 Å². The number of carbonyl (C=O) groups excluding carboxylic acids is 5. The molecule has 2 aliphatic heterocycles. The SMILES string of the molecule is C=CCC(C)C(=O)N[C@@H](CC(C)C)C(=O)N[C@H](C=O)CCCCNC(=O)CCCC[C@@H]1SC[C@@H]2NC(=O)N[C@@H]21. The molecule has 0 bridgehead atoms. The smallest absolute Gasteiger partial charge is 0.315 e. The predicted molar refractivity (Wildman–Crippen MR) is 154 cm³/mol. The molecule has 0 aromatic rings. The minimum Gasteiger partial charge on any atom is -0.356 e. The number of allylic oxidation sites excluding steroid dienone is 1. The van der Waals surface area contributed by atoms with Crippen LogP contribution in [0.15, 0.2) is 12.7 Å².